The lowest BCUT2D eigenvalue weighted by atomic mass is 10.1. The van der Waals surface area contributed by atoms with Gasteiger partial charge in [-0.05, 0) is 13.0 Å². The van der Waals surface area contributed by atoms with Crippen LogP contribution in [0.25, 0.3) is 0 Å². The molecule has 0 spiro atoms. The van der Waals surface area contributed by atoms with E-state index in [2.05, 4.69) is 0 Å². The Labute approximate surface area is 83.2 Å². The molecule has 2 atom stereocenters. The van der Waals surface area contributed by atoms with E-state index in [1.54, 1.807) is 6.92 Å². The highest BCUT2D eigenvalue weighted by molar-refractivity contribution is 7.89. The molecule has 0 fully saturated rings. The van der Waals surface area contributed by atoms with Gasteiger partial charge in [0.2, 0.25) is 10.0 Å². The van der Waals surface area contributed by atoms with Crippen LogP contribution in [0.5, 0.6) is 0 Å². The van der Waals surface area contributed by atoms with Crippen molar-refractivity contribution in [3.8, 4) is 0 Å². The van der Waals surface area contributed by atoms with E-state index in [1.165, 1.54) is 18.5 Å². The Morgan fingerprint density at radius 2 is 2.14 bits per heavy atom. The average Bonchev–Trinajstić information content (AvgIpc) is 2.49. The largest absolute Gasteiger partial charge is 0.387 e. The lowest BCUT2D eigenvalue weighted by Crippen LogP contribution is -2.24. The Balaban J connectivity index is 3.00. The molecule has 0 radical (unpaired) electrons. The quantitative estimate of drug-likeness (QED) is 0.728. The van der Waals surface area contributed by atoms with Crippen LogP contribution < -0.4 is 5.73 Å². The number of aliphatic hydroxyl groups excluding tert-OH is 1. The zero-order valence-electron chi connectivity index (χ0n) is 8.08. The second-order valence-corrected chi connectivity index (χ2v) is 5.23. The van der Waals surface area contributed by atoms with Gasteiger partial charge >= 0.3 is 0 Å². The number of aliphatic hydroxyl groups is 1. The molecule has 0 saturated heterocycles. The number of nitrogens with zero attached hydrogens (tertiary/aromatic N) is 1. The third-order valence-electron chi connectivity index (χ3n) is 1.91. The van der Waals surface area contributed by atoms with Crippen LogP contribution in [-0.2, 0) is 10.0 Å². The molecule has 1 rings (SSSR count). The van der Waals surface area contributed by atoms with E-state index in [-0.39, 0.29) is 0 Å². The van der Waals surface area contributed by atoms with E-state index in [0.29, 0.717) is 5.56 Å². The van der Waals surface area contributed by atoms with Crippen LogP contribution in [0.1, 0.15) is 18.6 Å². The van der Waals surface area contributed by atoms with Crippen LogP contribution >= 0.6 is 0 Å². The van der Waals surface area contributed by atoms with Crippen molar-refractivity contribution in [2.75, 3.05) is 6.26 Å². The van der Waals surface area contributed by atoms with Crippen LogP contribution in [0.3, 0.4) is 0 Å². The lowest BCUT2D eigenvalue weighted by molar-refractivity contribution is 0.153. The van der Waals surface area contributed by atoms with Crippen LogP contribution in [0.2, 0.25) is 0 Å². The maximum absolute atomic E-state index is 11.1. The van der Waals surface area contributed by atoms with E-state index >= 15 is 0 Å². The minimum absolute atomic E-state index is 0.426. The molecular formula is C8H14N2O3S. The van der Waals surface area contributed by atoms with Crippen LogP contribution in [0.15, 0.2) is 18.5 Å². The first-order valence-corrected chi connectivity index (χ1v) is 5.99. The minimum atomic E-state index is -3.28. The van der Waals surface area contributed by atoms with Crippen molar-refractivity contribution in [3.05, 3.63) is 24.0 Å². The highest BCUT2D eigenvalue weighted by Gasteiger charge is 2.15. The first kappa shape index (κ1) is 11.2. The molecule has 0 bridgehead atoms. The smallest absolute Gasteiger partial charge is 0.235 e. The van der Waals surface area contributed by atoms with Gasteiger partial charge in [0.25, 0.3) is 0 Å². The van der Waals surface area contributed by atoms with Crippen molar-refractivity contribution in [2.24, 2.45) is 5.73 Å². The van der Waals surface area contributed by atoms with Crippen molar-refractivity contribution in [3.63, 3.8) is 0 Å². The van der Waals surface area contributed by atoms with Gasteiger partial charge in [-0.15, -0.1) is 0 Å². The monoisotopic (exact) mass is 218 g/mol. The van der Waals surface area contributed by atoms with Crippen molar-refractivity contribution in [1.82, 2.24) is 3.97 Å². The summed E-state index contributed by atoms with van der Waals surface area (Å²) in [7, 11) is -3.28. The molecule has 0 aliphatic heterocycles. The zero-order chi connectivity index (χ0) is 10.9. The van der Waals surface area contributed by atoms with Crippen LogP contribution in [0, 0.1) is 0 Å². The number of hydrogen-bond acceptors (Lipinski definition) is 4. The summed E-state index contributed by atoms with van der Waals surface area (Å²) >= 11 is 0. The SMILES string of the molecule is CC(N)C(O)c1ccn(S(C)(=O)=O)c1. The summed E-state index contributed by atoms with van der Waals surface area (Å²) in [5.74, 6) is 0. The van der Waals surface area contributed by atoms with E-state index < -0.39 is 22.2 Å². The molecule has 0 amide bonds. The summed E-state index contributed by atoms with van der Waals surface area (Å²) < 4.78 is 23.2. The van der Waals surface area contributed by atoms with Crippen LogP contribution in [-0.4, -0.2) is 29.8 Å². The Hall–Kier alpha value is -0.850. The summed E-state index contributed by atoms with van der Waals surface area (Å²) in [6, 6.07) is 1.11. The molecule has 0 aliphatic carbocycles. The van der Waals surface area contributed by atoms with Crippen molar-refractivity contribution in [2.45, 2.75) is 19.1 Å². The Morgan fingerprint density at radius 3 is 2.50 bits per heavy atom. The highest BCUT2D eigenvalue weighted by atomic mass is 32.2. The Morgan fingerprint density at radius 1 is 1.57 bits per heavy atom. The van der Waals surface area contributed by atoms with Gasteiger partial charge in [0.1, 0.15) is 0 Å². The van der Waals surface area contributed by atoms with Gasteiger partial charge in [-0.25, -0.2) is 8.42 Å². The predicted molar refractivity (Wildman–Crippen MR) is 53.3 cm³/mol. The fourth-order valence-corrected chi connectivity index (χ4v) is 1.67. The third kappa shape index (κ3) is 2.34. The molecular weight excluding hydrogens is 204 g/mol. The first-order chi connectivity index (χ1) is 6.32. The van der Waals surface area contributed by atoms with E-state index in [9.17, 15) is 13.5 Å². The minimum Gasteiger partial charge on any atom is -0.387 e. The van der Waals surface area contributed by atoms with E-state index in [0.717, 1.165) is 10.2 Å². The number of hydrogen-bond donors (Lipinski definition) is 2. The number of aromatic nitrogens is 1. The molecule has 14 heavy (non-hydrogen) atoms. The Kier molecular flexibility index (Phi) is 2.98. The second kappa shape index (κ2) is 3.72. The van der Waals surface area contributed by atoms with Gasteiger partial charge in [0, 0.05) is 24.0 Å². The molecule has 5 nitrogen and oxygen atoms in total. The average molecular weight is 218 g/mol. The van der Waals surface area contributed by atoms with E-state index in [4.69, 9.17) is 5.73 Å². The van der Waals surface area contributed by atoms with Crippen molar-refractivity contribution in [1.29, 1.82) is 0 Å². The van der Waals surface area contributed by atoms with Crippen LogP contribution in [0.4, 0.5) is 0 Å². The third-order valence-corrected chi connectivity index (χ3v) is 2.91. The van der Waals surface area contributed by atoms with Gasteiger partial charge in [-0.1, -0.05) is 0 Å². The summed E-state index contributed by atoms with van der Waals surface area (Å²) in [5, 5.41) is 9.54. The van der Waals surface area contributed by atoms with Crippen molar-refractivity contribution >= 4 is 10.0 Å². The summed E-state index contributed by atoms with van der Waals surface area (Å²) in [6.07, 6.45) is 3.01. The molecule has 1 aromatic heterocycles. The van der Waals surface area contributed by atoms with Gasteiger partial charge in [-0.3, -0.25) is 3.97 Å². The molecule has 2 unspecified atom stereocenters. The molecule has 0 aliphatic rings. The standard InChI is InChI=1S/C8H14N2O3S/c1-6(9)8(11)7-3-4-10(5-7)14(2,12)13/h3-6,8,11H,9H2,1-2H3. The maximum atomic E-state index is 11.1. The molecule has 1 aromatic rings. The highest BCUT2D eigenvalue weighted by Crippen LogP contribution is 2.16. The molecule has 6 heteroatoms. The molecule has 0 aromatic carbocycles. The van der Waals surface area contributed by atoms with Crippen molar-refractivity contribution < 1.29 is 13.5 Å². The topological polar surface area (TPSA) is 85.3 Å². The predicted octanol–water partition coefficient (Wildman–Crippen LogP) is -0.324. The molecule has 3 N–H and O–H groups in total. The normalized spacial score (nSPS) is 16.6. The maximum Gasteiger partial charge on any atom is 0.235 e. The zero-order valence-corrected chi connectivity index (χ0v) is 8.90. The van der Waals surface area contributed by atoms with Gasteiger partial charge in [0.15, 0.2) is 0 Å². The first-order valence-electron chi connectivity index (χ1n) is 4.14. The second-order valence-electron chi connectivity index (χ2n) is 3.34. The number of rotatable bonds is 3. The summed E-state index contributed by atoms with van der Waals surface area (Å²) in [6.45, 7) is 1.66. The Bertz CT molecular complexity index is 408. The fourth-order valence-electron chi connectivity index (χ4n) is 1.08. The molecule has 1 heterocycles. The van der Waals surface area contributed by atoms with Gasteiger partial charge < -0.3 is 10.8 Å². The van der Waals surface area contributed by atoms with Gasteiger partial charge in [-0.2, -0.15) is 0 Å². The van der Waals surface area contributed by atoms with E-state index in [1.807, 2.05) is 0 Å². The molecule has 0 saturated carbocycles. The van der Waals surface area contributed by atoms with Gasteiger partial charge in [0.05, 0.1) is 12.4 Å². The summed E-state index contributed by atoms with van der Waals surface area (Å²) in [5.41, 5.74) is 5.98. The molecule has 80 valence electrons. The lowest BCUT2D eigenvalue weighted by Gasteiger charge is -2.12. The fraction of sp³-hybridized carbons (Fsp3) is 0.500. The summed E-state index contributed by atoms with van der Waals surface area (Å²) in [4.78, 5) is 0. The number of nitrogens with two attached hydrogens (primary N) is 1.